The largest absolute Gasteiger partial charge is 0.474 e. The molecule has 0 spiro atoms. The van der Waals surface area contributed by atoms with Gasteiger partial charge in [-0.2, -0.15) is 9.97 Å². The number of hydrogen-bond donors (Lipinski definition) is 1. The molecule has 1 N–H and O–H groups in total. The molecule has 1 amide bonds. The van der Waals surface area contributed by atoms with Gasteiger partial charge in [0.25, 0.3) is 5.56 Å². The molecule has 1 saturated heterocycles. The van der Waals surface area contributed by atoms with Crippen molar-refractivity contribution in [2.24, 2.45) is 0 Å². The third kappa shape index (κ3) is 6.07. The molecule has 12 nitrogen and oxygen atoms in total. The van der Waals surface area contributed by atoms with E-state index in [2.05, 4.69) is 21.9 Å². The van der Waals surface area contributed by atoms with Crippen molar-refractivity contribution in [2.75, 3.05) is 18.4 Å². The second kappa shape index (κ2) is 11.5. The predicted molar refractivity (Wildman–Crippen MR) is 165 cm³/mol. The Labute approximate surface area is 251 Å². The lowest BCUT2D eigenvalue weighted by atomic mass is 10.1. The van der Waals surface area contributed by atoms with Crippen molar-refractivity contribution in [1.29, 1.82) is 0 Å². The van der Waals surface area contributed by atoms with E-state index in [1.807, 2.05) is 45.0 Å². The monoisotopic (exact) mass is 600 g/mol. The first-order valence-electron chi connectivity index (χ1n) is 14.0. The summed E-state index contributed by atoms with van der Waals surface area (Å²) in [4.78, 5) is 45.7. The fourth-order valence-electron chi connectivity index (χ4n) is 4.91. The van der Waals surface area contributed by atoms with Crippen LogP contribution in [0.2, 0.25) is 0 Å². The Morgan fingerprint density at radius 3 is 2.74 bits per heavy atom. The van der Waals surface area contributed by atoms with E-state index in [1.54, 1.807) is 44.6 Å². The third-order valence-electron chi connectivity index (χ3n) is 6.87. The molecule has 1 aliphatic rings. The van der Waals surface area contributed by atoms with E-state index < -0.39 is 5.60 Å². The van der Waals surface area contributed by atoms with Crippen LogP contribution in [0.15, 0.2) is 65.6 Å². The zero-order valence-electron chi connectivity index (χ0n) is 24.2. The molecule has 0 atom stereocenters. The molecule has 0 radical (unpaired) electrons. The van der Waals surface area contributed by atoms with E-state index >= 15 is 0 Å². The topological polar surface area (TPSA) is 129 Å². The number of anilines is 2. The maximum atomic E-state index is 13.4. The van der Waals surface area contributed by atoms with Gasteiger partial charge >= 0.3 is 6.09 Å². The first-order chi connectivity index (χ1) is 20.7. The summed E-state index contributed by atoms with van der Waals surface area (Å²) in [5.74, 6) is 1.22. The Morgan fingerprint density at radius 1 is 1.16 bits per heavy atom. The highest BCUT2D eigenvalue weighted by Gasteiger charge is 2.28. The molecule has 13 heteroatoms. The molecule has 5 aromatic rings. The summed E-state index contributed by atoms with van der Waals surface area (Å²) in [6, 6.07) is 11.2. The summed E-state index contributed by atoms with van der Waals surface area (Å²) in [6.07, 6.45) is 4.03. The summed E-state index contributed by atoms with van der Waals surface area (Å²) in [6.45, 7) is 10.7. The number of carbonyl (C=O) groups excluding carboxylic acids is 1. The second-order valence-electron chi connectivity index (χ2n) is 11.2. The molecule has 0 aliphatic carbocycles. The van der Waals surface area contributed by atoms with Gasteiger partial charge in [0.15, 0.2) is 11.5 Å². The summed E-state index contributed by atoms with van der Waals surface area (Å²) in [5.41, 5.74) is 3.14. The minimum absolute atomic E-state index is 0.118. The van der Waals surface area contributed by atoms with Crippen molar-refractivity contribution in [3.05, 3.63) is 71.1 Å². The number of nitrogens with zero attached hydrogens (tertiary/aromatic N) is 7. The summed E-state index contributed by atoms with van der Waals surface area (Å²) in [7, 11) is 0. The Bertz CT molecular complexity index is 1860. The number of piperidine rings is 1. The molecule has 43 heavy (non-hydrogen) atoms. The fraction of sp³-hybridized carbons (Fsp3) is 0.333. The number of ether oxygens (including phenoxy) is 2. The number of carbonyl (C=O) groups is 1. The molecule has 1 aliphatic heterocycles. The zero-order valence-corrected chi connectivity index (χ0v) is 25.0. The van der Waals surface area contributed by atoms with Crippen LogP contribution >= 0.6 is 11.3 Å². The molecule has 222 valence electrons. The van der Waals surface area contributed by atoms with Crippen LogP contribution in [0.25, 0.3) is 27.1 Å². The van der Waals surface area contributed by atoms with E-state index in [9.17, 15) is 9.59 Å². The number of benzene rings is 1. The van der Waals surface area contributed by atoms with Crippen molar-refractivity contribution in [2.45, 2.75) is 51.9 Å². The molecule has 0 saturated carbocycles. The number of hydrogen-bond acceptors (Lipinski definition) is 10. The molecule has 0 unspecified atom stereocenters. The van der Waals surface area contributed by atoms with Gasteiger partial charge in [-0.25, -0.2) is 24.1 Å². The number of likely N-dealkylation sites (tertiary alicyclic amines) is 1. The van der Waals surface area contributed by atoms with Crippen LogP contribution < -0.4 is 15.6 Å². The smallest absolute Gasteiger partial charge is 0.410 e. The Kier molecular flexibility index (Phi) is 7.57. The van der Waals surface area contributed by atoms with E-state index in [0.717, 1.165) is 15.9 Å². The van der Waals surface area contributed by atoms with Crippen LogP contribution in [-0.2, 0) is 11.3 Å². The minimum atomic E-state index is -0.540. The van der Waals surface area contributed by atoms with Crippen molar-refractivity contribution >= 4 is 50.3 Å². The van der Waals surface area contributed by atoms with E-state index in [0.29, 0.717) is 54.6 Å². The van der Waals surface area contributed by atoms with Gasteiger partial charge in [0.05, 0.1) is 22.3 Å². The van der Waals surface area contributed by atoms with Gasteiger partial charge < -0.3 is 19.7 Å². The number of rotatable bonds is 7. The molecule has 5 heterocycles. The molecule has 0 bridgehead atoms. The van der Waals surface area contributed by atoms with Crippen LogP contribution in [-0.4, -0.2) is 65.1 Å². The van der Waals surface area contributed by atoms with Gasteiger partial charge in [0, 0.05) is 43.9 Å². The third-order valence-corrected chi connectivity index (χ3v) is 7.66. The van der Waals surface area contributed by atoms with Crippen molar-refractivity contribution in [1.82, 2.24) is 34.2 Å². The van der Waals surface area contributed by atoms with Gasteiger partial charge in [-0.05, 0) is 45.0 Å². The molecular formula is C30H32N8O4S. The molecule has 1 fully saturated rings. The highest BCUT2D eigenvalue weighted by Crippen LogP contribution is 2.25. The molecule has 6 rings (SSSR count). The lowest BCUT2D eigenvalue weighted by Crippen LogP contribution is -2.44. The number of allylic oxidation sites excluding steroid dienone is 1. The normalized spacial score (nSPS) is 14.3. The summed E-state index contributed by atoms with van der Waals surface area (Å²) in [5, 5.41) is 3.59. The van der Waals surface area contributed by atoms with Crippen molar-refractivity contribution in [3.8, 4) is 11.7 Å². The lowest BCUT2D eigenvalue weighted by molar-refractivity contribution is 0.0123. The van der Waals surface area contributed by atoms with Crippen LogP contribution in [0.4, 0.5) is 16.4 Å². The lowest BCUT2D eigenvalue weighted by Gasteiger charge is -2.33. The van der Waals surface area contributed by atoms with Gasteiger partial charge in [-0.3, -0.25) is 4.79 Å². The summed E-state index contributed by atoms with van der Waals surface area (Å²) >= 11 is 1.55. The Balaban J connectivity index is 1.26. The average molecular weight is 601 g/mol. The first kappa shape index (κ1) is 28.3. The molecule has 1 aromatic carbocycles. The standard InChI is InChI=1S/C30H32N8O4S/c1-5-13-37-27(39)21-17-31-28(33-19-9-10-22-23(16-19)43-18-32-22)35-26(21)38(37)24-7-6-8-25(34-24)41-20-11-14-36(15-12-20)29(40)42-30(2,3)4/h5-10,16-18,20H,1,11-15H2,2-4H3,(H,31,33,35). The number of nitrogens with one attached hydrogen (secondary N) is 1. The van der Waals surface area contributed by atoms with Crippen LogP contribution in [0.1, 0.15) is 33.6 Å². The summed E-state index contributed by atoms with van der Waals surface area (Å²) < 4.78 is 16.0. The Morgan fingerprint density at radius 2 is 1.98 bits per heavy atom. The van der Waals surface area contributed by atoms with Crippen molar-refractivity contribution < 1.29 is 14.3 Å². The highest BCUT2D eigenvalue weighted by atomic mass is 32.1. The number of fused-ring (bicyclic) bond motifs is 2. The van der Waals surface area contributed by atoms with Crippen LogP contribution in [0.5, 0.6) is 5.88 Å². The van der Waals surface area contributed by atoms with Crippen LogP contribution in [0.3, 0.4) is 0 Å². The maximum Gasteiger partial charge on any atom is 0.410 e. The van der Waals surface area contributed by atoms with E-state index in [-0.39, 0.29) is 24.3 Å². The quantitative estimate of drug-likeness (QED) is 0.248. The van der Waals surface area contributed by atoms with Crippen molar-refractivity contribution in [3.63, 3.8) is 0 Å². The Hall–Kier alpha value is -4.78. The molecular weight excluding hydrogens is 568 g/mol. The zero-order chi connectivity index (χ0) is 30.1. The SMILES string of the molecule is C=CCn1c(=O)c2cnc(Nc3ccc4ncsc4c3)nc2n1-c1cccc(OC2CCN(C(=O)OC(C)(C)C)CC2)n1. The number of aromatic nitrogens is 6. The number of pyridine rings is 1. The van der Waals surface area contributed by atoms with Gasteiger partial charge in [0.2, 0.25) is 11.8 Å². The highest BCUT2D eigenvalue weighted by molar-refractivity contribution is 7.16. The predicted octanol–water partition coefficient (Wildman–Crippen LogP) is 5.29. The van der Waals surface area contributed by atoms with E-state index in [1.165, 1.54) is 10.9 Å². The van der Waals surface area contributed by atoms with Crippen LogP contribution in [0, 0.1) is 0 Å². The number of amides is 1. The number of thiazole rings is 1. The molecule has 4 aromatic heterocycles. The maximum absolute atomic E-state index is 13.4. The van der Waals surface area contributed by atoms with Gasteiger partial charge in [-0.15, -0.1) is 17.9 Å². The minimum Gasteiger partial charge on any atom is -0.474 e. The first-order valence-corrected chi connectivity index (χ1v) is 14.9. The fourth-order valence-corrected chi connectivity index (χ4v) is 5.63. The van der Waals surface area contributed by atoms with E-state index in [4.69, 9.17) is 19.4 Å². The second-order valence-corrected chi connectivity index (χ2v) is 12.1. The van der Waals surface area contributed by atoms with Gasteiger partial charge in [0.1, 0.15) is 17.1 Å². The van der Waals surface area contributed by atoms with Gasteiger partial charge in [-0.1, -0.05) is 12.1 Å². The average Bonchev–Trinajstić information content (AvgIpc) is 3.55.